The molecule has 0 radical (unpaired) electrons. The summed E-state index contributed by atoms with van der Waals surface area (Å²) in [5.74, 6) is 0.395. The first-order valence-corrected chi connectivity index (χ1v) is 10.7. The number of hydrogen-bond donors (Lipinski definition) is 0. The van der Waals surface area contributed by atoms with Gasteiger partial charge in [0, 0.05) is 42.5 Å². The summed E-state index contributed by atoms with van der Waals surface area (Å²) < 4.78 is 0. The summed E-state index contributed by atoms with van der Waals surface area (Å²) >= 11 is 7.41. The number of anilines is 1. The van der Waals surface area contributed by atoms with Crippen molar-refractivity contribution < 1.29 is 4.79 Å². The van der Waals surface area contributed by atoms with Gasteiger partial charge < -0.3 is 9.80 Å². The van der Waals surface area contributed by atoms with Gasteiger partial charge in [0.1, 0.15) is 0 Å². The predicted molar refractivity (Wildman–Crippen MR) is 116 cm³/mol. The van der Waals surface area contributed by atoms with Crippen molar-refractivity contribution in [1.82, 2.24) is 20.1 Å². The van der Waals surface area contributed by atoms with Gasteiger partial charge in [-0.25, -0.2) is 4.98 Å². The van der Waals surface area contributed by atoms with Crippen LogP contribution in [0.25, 0.3) is 11.3 Å². The Morgan fingerprint density at radius 2 is 1.83 bits per heavy atom. The molecule has 1 aliphatic rings. The molecule has 6 nitrogen and oxygen atoms in total. The van der Waals surface area contributed by atoms with Crippen LogP contribution in [-0.4, -0.2) is 57.9 Å². The van der Waals surface area contributed by atoms with Crippen molar-refractivity contribution in [3.05, 3.63) is 65.8 Å². The van der Waals surface area contributed by atoms with Crippen molar-refractivity contribution in [1.29, 1.82) is 0 Å². The SMILES string of the molecule is O=C(CSc1nncc(-c2ccccc2)n1)N1CCN(c2cccc(Cl)c2)CC1. The molecule has 2 heterocycles. The summed E-state index contributed by atoms with van der Waals surface area (Å²) in [7, 11) is 0. The molecule has 0 N–H and O–H groups in total. The van der Waals surface area contributed by atoms with E-state index in [0.29, 0.717) is 24.0 Å². The highest BCUT2D eigenvalue weighted by atomic mass is 35.5. The van der Waals surface area contributed by atoms with Crippen LogP contribution in [0.4, 0.5) is 5.69 Å². The molecular formula is C21H20ClN5OS. The van der Waals surface area contributed by atoms with E-state index in [1.807, 2.05) is 59.5 Å². The molecule has 0 unspecified atom stereocenters. The zero-order chi connectivity index (χ0) is 20.1. The molecule has 0 aliphatic carbocycles. The topological polar surface area (TPSA) is 62.2 Å². The van der Waals surface area contributed by atoms with Crippen molar-refractivity contribution >= 4 is 35.0 Å². The van der Waals surface area contributed by atoms with Crippen molar-refractivity contribution in [3.8, 4) is 11.3 Å². The Hall–Kier alpha value is -2.64. The lowest BCUT2D eigenvalue weighted by molar-refractivity contribution is -0.128. The van der Waals surface area contributed by atoms with E-state index in [1.165, 1.54) is 11.8 Å². The molecule has 1 aromatic heterocycles. The van der Waals surface area contributed by atoms with E-state index in [9.17, 15) is 4.79 Å². The maximum absolute atomic E-state index is 12.6. The van der Waals surface area contributed by atoms with Gasteiger partial charge in [-0.2, -0.15) is 5.10 Å². The number of aromatic nitrogens is 3. The zero-order valence-corrected chi connectivity index (χ0v) is 17.3. The molecular weight excluding hydrogens is 406 g/mol. The Morgan fingerprint density at radius 3 is 2.59 bits per heavy atom. The fourth-order valence-corrected chi connectivity index (χ4v) is 4.09. The van der Waals surface area contributed by atoms with Gasteiger partial charge in [-0.05, 0) is 18.2 Å². The smallest absolute Gasteiger partial charge is 0.233 e. The molecule has 29 heavy (non-hydrogen) atoms. The van der Waals surface area contributed by atoms with E-state index in [2.05, 4.69) is 20.1 Å². The summed E-state index contributed by atoms with van der Waals surface area (Å²) in [5.41, 5.74) is 2.83. The largest absolute Gasteiger partial charge is 0.368 e. The van der Waals surface area contributed by atoms with Crippen LogP contribution in [-0.2, 0) is 4.79 Å². The van der Waals surface area contributed by atoms with Crippen LogP contribution in [0.1, 0.15) is 0 Å². The van der Waals surface area contributed by atoms with Crippen LogP contribution in [0.5, 0.6) is 0 Å². The first-order chi connectivity index (χ1) is 14.2. The van der Waals surface area contributed by atoms with Gasteiger partial charge in [-0.1, -0.05) is 59.8 Å². The molecule has 8 heteroatoms. The summed E-state index contributed by atoms with van der Waals surface area (Å²) in [5, 5.41) is 9.32. The Labute approximate surface area is 178 Å². The van der Waals surface area contributed by atoms with Crippen LogP contribution in [0.2, 0.25) is 5.02 Å². The first-order valence-electron chi connectivity index (χ1n) is 9.35. The highest BCUT2D eigenvalue weighted by molar-refractivity contribution is 7.99. The summed E-state index contributed by atoms with van der Waals surface area (Å²) in [6.45, 7) is 2.96. The average Bonchev–Trinajstić information content (AvgIpc) is 2.78. The molecule has 0 bridgehead atoms. The van der Waals surface area contributed by atoms with E-state index >= 15 is 0 Å². The second kappa shape index (κ2) is 9.24. The van der Waals surface area contributed by atoms with E-state index in [1.54, 1.807) is 6.20 Å². The lowest BCUT2D eigenvalue weighted by atomic mass is 10.2. The van der Waals surface area contributed by atoms with E-state index in [4.69, 9.17) is 11.6 Å². The molecule has 1 saturated heterocycles. The minimum Gasteiger partial charge on any atom is -0.368 e. The predicted octanol–water partition coefficient (Wildman–Crippen LogP) is 3.63. The molecule has 1 fully saturated rings. The van der Waals surface area contributed by atoms with Crippen molar-refractivity contribution in [2.24, 2.45) is 0 Å². The molecule has 3 aromatic rings. The molecule has 2 aromatic carbocycles. The van der Waals surface area contributed by atoms with Gasteiger partial charge in [0.2, 0.25) is 11.1 Å². The van der Waals surface area contributed by atoms with E-state index in [-0.39, 0.29) is 5.91 Å². The minimum absolute atomic E-state index is 0.0921. The average molecular weight is 426 g/mol. The van der Waals surface area contributed by atoms with Crippen LogP contribution in [0, 0.1) is 0 Å². The molecule has 0 atom stereocenters. The standard InChI is InChI=1S/C21H20ClN5OS/c22-17-7-4-8-18(13-17)26-9-11-27(12-10-26)20(28)15-29-21-24-19(14-23-25-21)16-5-2-1-3-6-16/h1-8,13-14H,9-12,15H2. The zero-order valence-electron chi connectivity index (χ0n) is 15.7. The molecule has 1 amide bonds. The fourth-order valence-electron chi connectivity index (χ4n) is 3.20. The van der Waals surface area contributed by atoms with Crippen LogP contribution in [0.15, 0.2) is 66.0 Å². The van der Waals surface area contributed by atoms with Gasteiger partial charge in [-0.3, -0.25) is 4.79 Å². The highest BCUT2D eigenvalue weighted by Gasteiger charge is 2.21. The third-order valence-corrected chi connectivity index (χ3v) is 5.80. The Bertz CT molecular complexity index is 980. The van der Waals surface area contributed by atoms with Crippen molar-refractivity contribution in [2.45, 2.75) is 5.16 Å². The van der Waals surface area contributed by atoms with E-state index in [0.717, 1.165) is 35.1 Å². The van der Waals surface area contributed by atoms with Gasteiger partial charge in [0.05, 0.1) is 17.6 Å². The minimum atomic E-state index is 0.0921. The van der Waals surface area contributed by atoms with Crippen LogP contribution in [0.3, 0.4) is 0 Å². The third kappa shape index (κ3) is 5.05. The molecule has 148 valence electrons. The second-order valence-electron chi connectivity index (χ2n) is 6.63. The number of piperazine rings is 1. The van der Waals surface area contributed by atoms with Crippen molar-refractivity contribution in [2.75, 3.05) is 36.8 Å². The summed E-state index contributed by atoms with van der Waals surface area (Å²) in [6.07, 6.45) is 1.64. The number of rotatable bonds is 5. The molecule has 0 saturated carbocycles. The number of benzene rings is 2. The Morgan fingerprint density at radius 1 is 1.03 bits per heavy atom. The number of hydrogen-bond acceptors (Lipinski definition) is 6. The lowest BCUT2D eigenvalue weighted by Crippen LogP contribution is -2.49. The number of carbonyl (C=O) groups is 1. The number of halogens is 1. The number of thioether (sulfide) groups is 1. The van der Waals surface area contributed by atoms with Crippen LogP contribution >= 0.6 is 23.4 Å². The van der Waals surface area contributed by atoms with Gasteiger partial charge in [-0.15, -0.1) is 5.10 Å². The maximum atomic E-state index is 12.6. The van der Waals surface area contributed by atoms with Gasteiger partial charge >= 0.3 is 0 Å². The number of nitrogens with zero attached hydrogens (tertiary/aromatic N) is 5. The Balaban J connectivity index is 1.31. The highest BCUT2D eigenvalue weighted by Crippen LogP contribution is 2.22. The monoisotopic (exact) mass is 425 g/mol. The quantitative estimate of drug-likeness (QED) is 0.581. The van der Waals surface area contributed by atoms with Gasteiger partial charge in [0.15, 0.2) is 0 Å². The van der Waals surface area contributed by atoms with Crippen LogP contribution < -0.4 is 4.90 Å². The fraction of sp³-hybridized carbons (Fsp3) is 0.238. The first kappa shape index (κ1) is 19.7. The molecule has 4 rings (SSSR count). The maximum Gasteiger partial charge on any atom is 0.233 e. The Kier molecular flexibility index (Phi) is 6.27. The molecule has 0 spiro atoms. The van der Waals surface area contributed by atoms with Gasteiger partial charge in [0.25, 0.3) is 0 Å². The number of amides is 1. The molecule has 1 aliphatic heterocycles. The number of carbonyl (C=O) groups excluding carboxylic acids is 1. The summed E-state index contributed by atoms with van der Waals surface area (Å²) in [4.78, 5) is 21.3. The summed E-state index contributed by atoms with van der Waals surface area (Å²) in [6, 6.07) is 17.6. The lowest BCUT2D eigenvalue weighted by Gasteiger charge is -2.36. The van der Waals surface area contributed by atoms with Crippen molar-refractivity contribution in [3.63, 3.8) is 0 Å². The van der Waals surface area contributed by atoms with E-state index < -0.39 is 0 Å². The third-order valence-electron chi connectivity index (χ3n) is 4.74. The second-order valence-corrected chi connectivity index (χ2v) is 8.01. The normalized spacial score (nSPS) is 14.1.